The third-order valence-electron chi connectivity index (χ3n) is 2.37. The van der Waals surface area contributed by atoms with Crippen LogP contribution in [-0.4, -0.2) is 34.1 Å². The molecule has 0 radical (unpaired) electrons. The molecule has 0 aliphatic rings. The van der Waals surface area contributed by atoms with Gasteiger partial charge in [0.1, 0.15) is 4.21 Å². The maximum absolute atomic E-state index is 11.7. The molecule has 0 saturated carbocycles. The maximum Gasteiger partial charge on any atom is 0.270 e. The predicted molar refractivity (Wildman–Crippen MR) is 75.2 cm³/mol. The fourth-order valence-electron chi connectivity index (χ4n) is 1.44. The van der Waals surface area contributed by atoms with Gasteiger partial charge in [0.2, 0.25) is 5.91 Å². The maximum atomic E-state index is 11.7. The lowest BCUT2D eigenvalue weighted by atomic mass is 10.2. The number of amides is 1. The van der Waals surface area contributed by atoms with Gasteiger partial charge in [0.25, 0.3) is 9.05 Å². The van der Waals surface area contributed by atoms with Crippen LogP contribution in [0.5, 0.6) is 0 Å². The molecule has 0 spiro atoms. The summed E-state index contributed by atoms with van der Waals surface area (Å²) in [6.45, 7) is 2.47. The quantitative estimate of drug-likeness (QED) is 0.775. The van der Waals surface area contributed by atoms with Gasteiger partial charge in [-0.2, -0.15) is 0 Å². The van der Waals surface area contributed by atoms with Gasteiger partial charge in [-0.15, -0.1) is 11.3 Å². The Hall–Kier alpha value is -0.630. The third kappa shape index (κ3) is 5.90. The fraction of sp³-hybridized carbons (Fsp3) is 0.545. The van der Waals surface area contributed by atoms with Gasteiger partial charge in [-0.3, -0.25) is 4.79 Å². The SMILES string of the molecule is COCCC(C)NC(=O)Cc1ccc(S(=O)(=O)Cl)s1. The van der Waals surface area contributed by atoms with Gasteiger partial charge in [0.05, 0.1) is 6.42 Å². The van der Waals surface area contributed by atoms with Crippen LogP contribution in [0.1, 0.15) is 18.2 Å². The Morgan fingerprint density at radius 3 is 2.74 bits per heavy atom. The molecule has 1 N–H and O–H groups in total. The molecule has 0 saturated heterocycles. The van der Waals surface area contributed by atoms with Crippen LogP contribution in [0.3, 0.4) is 0 Å². The highest BCUT2D eigenvalue weighted by atomic mass is 35.7. The van der Waals surface area contributed by atoms with E-state index in [9.17, 15) is 13.2 Å². The van der Waals surface area contributed by atoms with E-state index in [1.54, 1.807) is 13.2 Å². The minimum atomic E-state index is -3.71. The molecule has 0 fully saturated rings. The van der Waals surface area contributed by atoms with Crippen LogP contribution in [0.2, 0.25) is 0 Å². The zero-order valence-electron chi connectivity index (χ0n) is 10.7. The first-order valence-corrected chi connectivity index (χ1v) is 8.77. The van der Waals surface area contributed by atoms with Crippen LogP contribution in [0.25, 0.3) is 0 Å². The predicted octanol–water partition coefficient (Wildman–Crippen LogP) is 1.76. The summed E-state index contributed by atoms with van der Waals surface area (Å²) in [5, 5.41) is 2.82. The highest BCUT2D eigenvalue weighted by Gasteiger charge is 2.15. The second-order valence-corrected chi connectivity index (χ2v) is 8.05. The number of nitrogens with one attached hydrogen (secondary N) is 1. The zero-order valence-corrected chi connectivity index (χ0v) is 13.1. The molecule has 1 heterocycles. The van der Waals surface area contributed by atoms with Crippen LogP contribution in [0.4, 0.5) is 0 Å². The summed E-state index contributed by atoms with van der Waals surface area (Å²) in [6.07, 6.45) is 0.877. The van der Waals surface area contributed by atoms with Crippen LogP contribution >= 0.6 is 22.0 Å². The highest BCUT2D eigenvalue weighted by molar-refractivity contribution is 8.15. The Morgan fingerprint density at radius 1 is 1.53 bits per heavy atom. The third-order valence-corrected chi connectivity index (χ3v) is 5.55. The van der Waals surface area contributed by atoms with Gasteiger partial charge in [-0.05, 0) is 25.5 Å². The zero-order chi connectivity index (χ0) is 14.5. The largest absolute Gasteiger partial charge is 0.385 e. The van der Waals surface area contributed by atoms with Crippen molar-refractivity contribution in [1.82, 2.24) is 5.32 Å². The molecule has 0 aliphatic carbocycles. The molecule has 0 aliphatic heterocycles. The topological polar surface area (TPSA) is 72.5 Å². The first-order valence-electron chi connectivity index (χ1n) is 5.64. The molecule has 8 heteroatoms. The summed E-state index contributed by atoms with van der Waals surface area (Å²) in [5.74, 6) is -0.149. The number of methoxy groups -OCH3 is 1. The number of carbonyl (C=O) groups is 1. The first-order chi connectivity index (χ1) is 8.82. The van der Waals surface area contributed by atoms with Crippen molar-refractivity contribution >= 4 is 37.0 Å². The first kappa shape index (κ1) is 16.4. The van der Waals surface area contributed by atoms with Crippen molar-refractivity contribution in [1.29, 1.82) is 0 Å². The Bertz CT molecular complexity index is 527. The number of hydrogen-bond donors (Lipinski definition) is 1. The number of rotatable bonds is 7. The van der Waals surface area contributed by atoms with Gasteiger partial charge in [0.15, 0.2) is 0 Å². The van der Waals surface area contributed by atoms with E-state index in [1.807, 2.05) is 6.92 Å². The molecule has 1 aromatic heterocycles. The molecule has 1 amide bonds. The van der Waals surface area contributed by atoms with E-state index in [0.717, 1.165) is 17.8 Å². The Balaban J connectivity index is 2.51. The van der Waals surface area contributed by atoms with Crippen molar-refractivity contribution < 1.29 is 17.9 Å². The van der Waals surface area contributed by atoms with Crippen LogP contribution in [-0.2, 0) is 25.0 Å². The minimum absolute atomic E-state index is 0.0173. The molecule has 0 bridgehead atoms. The Morgan fingerprint density at radius 2 is 2.21 bits per heavy atom. The number of halogens is 1. The van der Waals surface area contributed by atoms with E-state index in [1.165, 1.54) is 6.07 Å². The average Bonchev–Trinajstić information content (AvgIpc) is 2.74. The molecule has 19 heavy (non-hydrogen) atoms. The van der Waals surface area contributed by atoms with E-state index >= 15 is 0 Å². The molecule has 0 aromatic carbocycles. The lowest BCUT2D eigenvalue weighted by molar-refractivity contribution is -0.121. The van der Waals surface area contributed by atoms with Crippen LogP contribution in [0, 0.1) is 0 Å². The number of ether oxygens (including phenoxy) is 1. The van der Waals surface area contributed by atoms with Crippen molar-refractivity contribution in [3.8, 4) is 0 Å². The van der Waals surface area contributed by atoms with E-state index < -0.39 is 9.05 Å². The molecular weight excluding hydrogens is 310 g/mol. The van der Waals surface area contributed by atoms with E-state index in [-0.39, 0.29) is 22.6 Å². The van der Waals surface area contributed by atoms with Gasteiger partial charge < -0.3 is 10.1 Å². The highest BCUT2D eigenvalue weighted by Crippen LogP contribution is 2.25. The summed E-state index contributed by atoms with van der Waals surface area (Å²) < 4.78 is 27.2. The molecule has 1 unspecified atom stereocenters. The molecule has 5 nitrogen and oxygen atoms in total. The standard InChI is InChI=1S/C11H16ClNO4S2/c1-8(5-6-17-2)13-10(14)7-9-3-4-11(18-9)19(12,15)16/h3-4,8H,5-7H2,1-2H3,(H,13,14). The summed E-state index contributed by atoms with van der Waals surface area (Å²) in [7, 11) is 3.11. The molecule has 1 aromatic rings. The lowest BCUT2D eigenvalue weighted by Crippen LogP contribution is -2.34. The van der Waals surface area contributed by atoms with E-state index in [4.69, 9.17) is 15.4 Å². The Labute approximate surface area is 121 Å². The number of carbonyl (C=O) groups excluding carboxylic acids is 1. The van der Waals surface area contributed by atoms with Crippen molar-refractivity contribution in [2.24, 2.45) is 0 Å². The van der Waals surface area contributed by atoms with Gasteiger partial charge in [0, 0.05) is 35.3 Å². The second kappa shape index (κ2) is 7.23. The monoisotopic (exact) mass is 325 g/mol. The van der Waals surface area contributed by atoms with E-state index in [0.29, 0.717) is 11.5 Å². The number of hydrogen-bond acceptors (Lipinski definition) is 5. The summed E-state index contributed by atoms with van der Waals surface area (Å²) in [6, 6.07) is 3.02. The normalized spacial score (nSPS) is 13.2. The average molecular weight is 326 g/mol. The molecule has 1 atom stereocenters. The summed E-state index contributed by atoms with van der Waals surface area (Å²) in [4.78, 5) is 12.4. The number of thiophene rings is 1. The van der Waals surface area contributed by atoms with Crippen molar-refractivity contribution in [3.63, 3.8) is 0 Å². The summed E-state index contributed by atoms with van der Waals surface area (Å²) >= 11 is 1.01. The summed E-state index contributed by atoms with van der Waals surface area (Å²) in [5.41, 5.74) is 0. The lowest BCUT2D eigenvalue weighted by Gasteiger charge is -2.12. The van der Waals surface area contributed by atoms with Crippen molar-refractivity contribution in [3.05, 3.63) is 17.0 Å². The molecule has 108 valence electrons. The van der Waals surface area contributed by atoms with Crippen molar-refractivity contribution in [2.75, 3.05) is 13.7 Å². The smallest absolute Gasteiger partial charge is 0.270 e. The van der Waals surface area contributed by atoms with Crippen LogP contribution < -0.4 is 5.32 Å². The van der Waals surface area contributed by atoms with Gasteiger partial charge in [-0.25, -0.2) is 8.42 Å². The second-order valence-electron chi connectivity index (χ2n) is 4.09. The molecule has 1 rings (SSSR count). The van der Waals surface area contributed by atoms with Gasteiger partial charge in [-0.1, -0.05) is 0 Å². The van der Waals surface area contributed by atoms with Crippen molar-refractivity contribution in [2.45, 2.75) is 30.0 Å². The van der Waals surface area contributed by atoms with E-state index in [2.05, 4.69) is 5.32 Å². The molecular formula is C11H16ClNO4S2. The van der Waals surface area contributed by atoms with Crippen LogP contribution in [0.15, 0.2) is 16.3 Å². The minimum Gasteiger partial charge on any atom is -0.385 e. The fourth-order valence-corrected chi connectivity index (χ4v) is 3.56. The Kier molecular flexibility index (Phi) is 6.25. The van der Waals surface area contributed by atoms with Gasteiger partial charge >= 0.3 is 0 Å².